The normalized spacial score (nSPS) is 18.0. The van der Waals surface area contributed by atoms with Gasteiger partial charge >= 0.3 is 12.6 Å². The molecule has 3 aromatic rings. The predicted molar refractivity (Wildman–Crippen MR) is 102 cm³/mol. The maximum absolute atomic E-state index is 14.1. The third-order valence-electron chi connectivity index (χ3n) is 4.91. The van der Waals surface area contributed by atoms with Crippen molar-refractivity contribution in [1.29, 1.82) is 0 Å². The molecular weight excluding hydrogens is 488 g/mol. The molecule has 0 aliphatic heterocycles. The molecule has 0 saturated carbocycles. The Bertz CT molecular complexity index is 1210. The SMILES string of the molecule is CCOC(=O)C1C(=O)c2nc3cc(F)c(Br)cn3c2C1c1cc(F)ccc1OC(F)F. The molecule has 31 heavy (non-hydrogen) atoms. The number of halogens is 5. The van der Waals surface area contributed by atoms with Gasteiger partial charge in [-0.15, -0.1) is 0 Å². The van der Waals surface area contributed by atoms with Crippen molar-refractivity contribution in [2.75, 3.05) is 6.61 Å². The fraction of sp³-hybridized carbons (Fsp3) is 0.250. The molecule has 1 aliphatic rings. The Labute approximate surface area is 180 Å². The number of fused-ring (bicyclic) bond motifs is 3. The monoisotopic (exact) mass is 500 g/mol. The molecule has 162 valence electrons. The number of imidazole rings is 1. The molecule has 1 aliphatic carbocycles. The number of ketones is 1. The van der Waals surface area contributed by atoms with Gasteiger partial charge in [0.1, 0.15) is 34.6 Å². The van der Waals surface area contributed by atoms with Crippen LogP contribution in [0.15, 0.2) is 34.9 Å². The van der Waals surface area contributed by atoms with Gasteiger partial charge in [0, 0.05) is 17.8 Å². The summed E-state index contributed by atoms with van der Waals surface area (Å²) in [6, 6.07) is 3.88. The first-order chi connectivity index (χ1) is 14.7. The van der Waals surface area contributed by atoms with E-state index in [1.807, 2.05) is 0 Å². The van der Waals surface area contributed by atoms with E-state index in [2.05, 4.69) is 25.7 Å². The molecular formula is C20H13BrF4N2O4. The first-order valence-electron chi connectivity index (χ1n) is 9.05. The highest BCUT2D eigenvalue weighted by atomic mass is 79.9. The summed E-state index contributed by atoms with van der Waals surface area (Å²) in [7, 11) is 0. The fourth-order valence-corrected chi connectivity index (χ4v) is 4.08. The van der Waals surface area contributed by atoms with Gasteiger partial charge in [0.15, 0.2) is 5.78 Å². The highest BCUT2D eigenvalue weighted by Crippen LogP contribution is 2.46. The summed E-state index contributed by atoms with van der Waals surface area (Å²) < 4.78 is 65.0. The maximum Gasteiger partial charge on any atom is 0.387 e. The first-order valence-corrected chi connectivity index (χ1v) is 9.84. The van der Waals surface area contributed by atoms with Crippen molar-refractivity contribution in [3.8, 4) is 5.75 Å². The number of aromatic nitrogens is 2. The van der Waals surface area contributed by atoms with E-state index in [0.717, 1.165) is 24.3 Å². The van der Waals surface area contributed by atoms with Crippen LogP contribution >= 0.6 is 15.9 Å². The number of carbonyl (C=O) groups is 2. The van der Waals surface area contributed by atoms with Crippen molar-refractivity contribution >= 4 is 33.3 Å². The van der Waals surface area contributed by atoms with Gasteiger partial charge in [-0.3, -0.25) is 9.59 Å². The van der Waals surface area contributed by atoms with E-state index in [4.69, 9.17) is 4.74 Å². The number of nitrogens with zero attached hydrogens (tertiary/aromatic N) is 2. The Kier molecular flexibility index (Phi) is 5.46. The molecule has 0 N–H and O–H groups in total. The number of esters is 1. The van der Waals surface area contributed by atoms with Gasteiger partial charge in [-0.05, 0) is 41.1 Å². The second kappa shape index (κ2) is 7.95. The lowest BCUT2D eigenvalue weighted by atomic mass is 9.86. The van der Waals surface area contributed by atoms with Crippen molar-refractivity contribution in [3.63, 3.8) is 0 Å². The predicted octanol–water partition coefficient (Wildman–Crippen LogP) is 4.48. The molecule has 11 heteroatoms. The number of ether oxygens (including phenoxy) is 2. The molecule has 0 fully saturated rings. The van der Waals surface area contributed by atoms with Crippen LogP contribution in [0.5, 0.6) is 5.75 Å². The summed E-state index contributed by atoms with van der Waals surface area (Å²) in [5.41, 5.74) is -0.150. The molecule has 0 spiro atoms. The molecule has 2 unspecified atom stereocenters. The first kappa shape index (κ1) is 21.3. The number of pyridine rings is 1. The molecule has 2 heterocycles. The van der Waals surface area contributed by atoms with E-state index in [9.17, 15) is 27.2 Å². The molecule has 0 radical (unpaired) electrons. The van der Waals surface area contributed by atoms with Gasteiger partial charge in [0.05, 0.1) is 22.7 Å². The Morgan fingerprint density at radius 2 is 2.03 bits per heavy atom. The number of rotatable bonds is 5. The molecule has 0 amide bonds. The number of hydrogen-bond donors (Lipinski definition) is 0. The van der Waals surface area contributed by atoms with Crippen molar-refractivity contribution in [2.24, 2.45) is 5.92 Å². The van der Waals surface area contributed by atoms with Gasteiger partial charge in [-0.1, -0.05) is 0 Å². The average Bonchev–Trinajstić information content (AvgIpc) is 3.18. The average molecular weight is 501 g/mol. The van der Waals surface area contributed by atoms with E-state index >= 15 is 0 Å². The van der Waals surface area contributed by atoms with Gasteiger partial charge in [0.2, 0.25) is 0 Å². The Balaban J connectivity index is 2.01. The van der Waals surface area contributed by atoms with Crippen LogP contribution in [0.3, 0.4) is 0 Å². The number of carbonyl (C=O) groups excluding carboxylic acids is 2. The molecule has 2 atom stereocenters. The summed E-state index contributed by atoms with van der Waals surface area (Å²) >= 11 is 3.04. The van der Waals surface area contributed by atoms with Crippen LogP contribution in [0.2, 0.25) is 0 Å². The molecule has 4 rings (SSSR count). The van der Waals surface area contributed by atoms with Crippen molar-refractivity contribution < 1.29 is 36.6 Å². The van der Waals surface area contributed by atoms with Crippen LogP contribution in [-0.4, -0.2) is 34.4 Å². The maximum atomic E-state index is 14.1. The van der Waals surface area contributed by atoms with Gasteiger partial charge in [-0.2, -0.15) is 8.78 Å². The van der Waals surface area contributed by atoms with Crippen LogP contribution < -0.4 is 4.74 Å². The molecule has 1 aromatic carbocycles. The second-order valence-corrected chi connectivity index (χ2v) is 7.53. The standard InChI is InChI=1S/C20H13BrF4N2O4/c1-2-30-19(29)15-14(9-5-8(22)3-4-12(9)31-20(24)25)17-16(18(15)28)26-13-6-11(23)10(21)7-27(13)17/h3-7,14-15,20H,2H2,1H3. The third kappa shape index (κ3) is 3.56. The van der Waals surface area contributed by atoms with E-state index in [1.54, 1.807) is 0 Å². The van der Waals surface area contributed by atoms with Crippen molar-refractivity contribution in [2.45, 2.75) is 19.5 Å². The zero-order valence-electron chi connectivity index (χ0n) is 15.7. The molecule has 2 aromatic heterocycles. The van der Waals surface area contributed by atoms with Crippen LogP contribution in [0.25, 0.3) is 5.65 Å². The third-order valence-corrected chi connectivity index (χ3v) is 5.49. The lowest BCUT2D eigenvalue weighted by Gasteiger charge is -2.22. The quantitative estimate of drug-likeness (QED) is 0.293. The number of benzene rings is 1. The summed E-state index contributed by atoms with van der Waals surface area (Å²) in [6.45, 7) is -1.73. The number of Topliss-reactive ketones (excluding diaryl/α,β-unsaturated/α-hetero) is 1. The summed E-state index contributed by atoms with van der Waals surface area (Å²) in [5, 5.41) is 0. The zero-order valence-corrected chi connectivity index (χ0v) is 17.3. The van der Waals surface area contributed by atoms with Gasteiger partial charge < -0.3 is 13.9 Å². The smallest absolute Gasteiger partial charge is 0.387 e. The summed E-state index contributed by atoms with van der Waals surface area (Å²) in [5.74, 6) is -6.26. The summed E-state index contributed by atoms with van der Waals surface area (Å²) in [4.78, 5) is 29.9. The topological polar surface area (TPSA) is 69.9 Å². The largest absolute Gasteiger partial charge is 0.465 e. The van der Waals surface area contributed by atoms with Crippen LogP contribution in [0, 0.1) is 17.6 Å². The molecule has 0 bridgehead atoms. The van der Waals surface area contributed by atoms with Crippen molar-refractivity contribution in [3.05, 3.63) is 63.5 Å². The Hall–Kier alpha value is -2.95. The molecule has 0 saturated heterocycles. The Morgan fingerprint density at radius 3 is 2.71 bits per heavy atom. The van der Waals surface area contributed by atoms with Gasteiger partial charge in [-0.25, -0.2) is 13.8 Å². The second-order valence-electron chi connectivity index (χ2n) is 6.68. The zero-order chi connectivity index (χ0) is 22.4. The highest BCUT2D eigenvalue weighted by Gasteiger charge is 2.50. The number of alkyl halides is 2. The lowest BCUT2D eigenvalue weighted by molar-refractivity contribution is -0.146. The molecule has 6 nitrogen and oxygen atoms in total. The van der Waals surface area contributed by atoms with Crippen molar-refractivity contribution in [1.82, 2.24) is 9.38 Å². The van der Waals surface area contributed by atoms with Gasteiger partial charge in [0.25, 0.3) is 0 Å². The fourth-order valence-electron chi connectivity index (χ4n) is 3.76. The van der Waals surface area contributed by atoms with Crippen LogP contribution in [0.1, 0.15) is 34.6 Å². The lowest BCUT2D eigenvalue weighted by Crippen LogP contribution is -2.28. The van der Waals surface area contributed by atoms with Crippen LogP contribution in [-0.2, 0) is 9.53 Å². The minimum Gasteiger partial charge on any atom is -0.465 e. The van der Waals surface area contributed by atoms with E-state index in [0.29, 0.717) is 0 Å². The summed E-state index contributed by atoms with van der Waals surface area (Å²) in [6.07, 6.45) is 1.29. The van der Waals surface area contributed by atoms with E-state index in [-0.39, 0.29) is 33.7 Å². The Morgan fingerprint density at radius 1 is 1.29 bits per heavy atom. The van der Waals surface area contributed by atoms with E-state index in [1.165, 1.54) is 17.5 Å². The van der Waals surface area contributed by atoms with Crippen LogP contribution in [0.4, 0.5) is 17.6 Å². The number of hydrogen-bond acceptors (Lipinski definition) is 5. The minimum absolute atomic E-state index is 0.0364. The van der Waals surface area contributed by atoms with E-state index < -0.39 is 47.6 Å². The highest BCUT2D eigenvalue weighted by molar-refractivity contribution is 9.10. The minimum atomic E-state index is -3.23.